The van der Waals surface area contributed by atoms with E-state index < -0.39 is 0 Å². The molecule has 2 atom stereocenters. The third kappa shape index (κ3) is 3.05. The van der Waals surface area contributed by atoms with Crippen molar-refractivity contribution in [3.05, 3.63) is 29.6 Å². The van der Waals surface area contributed by atoms with Gasteiger partial charge in [0, 0.05) is 18.4 Å². The van der Waals surface area contributed by atoms with Gasteiger partial charge in [0.2, 0.25) is 0 Å². The van der Waals surface area contributed by atoms with Gasteiger partial charge in [0.05, 0.1) is 0 Å². The predicted molar refractivity (Wildman–Crippen MR) is 69.5 cm³/mol. The van der Waals surface area contributed by atoms with Crippen LogP contribution in [0.4, 0.5) is 0 Å². The number of nitrogens with one attached hydrogen (secondary N) is 1. The molecule has 0 bridgehead atoms. The van der Waals surface area contributed by atoms with E-state index in [9.17, 15) is 0 Å². The molecule has 2 heteroatoms. The van der Waals surface area contributed by atoms with Crippen molar-refractivity contribution >= 4 is 0 Å². The molecule has 1 rings (SSSR count). The molecule has 1 aromatic rings. The highest BCUT2D eigenvalue weighted by molar-refractivity contribution is 5.27. The summed E-state index contributed by atoms with van der Waals surface area (Å²) >= 11 is 0. The van der Waals surface area contributed by atoms with Gasteiger partial charge < -0.3 is 5.32 Å². The Balaban J connectivity index is 2.93. The molecule has 0 fully saturated rings. The molecule has 90 valence electrons. The lowest BCUT2D eigenvalue weighted by molar-refractivity contribution is 0.382. The highest BCUT2D eigenvalue weighted by Crippen LogP contribution is 2.27. The second-order valence-electron chi connectivity index (χ2n) is 4.46. The highest BCUT2D eigenvalue weighted by Gasteiger charge is 2.18. The number of rotatable bonds is 6. The minimum atomic E-state index is 0.456. The van der Waals surface area contributed by atoms with E-state index in [1.165, 1.54) is 24.0 Å². The van der Waals surface area contributed by atoms with Crippen LogP contribution in [-0.4, -0.2) is 12.0 Å². The summed E-state index contributed by atoms with van der Waals surface area (Å²) in [6.45, 7) is 6.76. The molecule has 0 saturated heterocycles. The molecule has 2 unspecified atom stereocenters. The van der Waals surface area contributed by atoms with Crippen molar-refractivity contribution < 1.29 is 0 Å². The van der Waals surface area contributed by atoms with Crippen LogP contribution in [0.15, 0.2) is 18.5 Å². The summed E-state index contributed by atoms with van der Waals surface area (Å²) in [6, 6.07) is 2.62. The fraction of sp³-hybridized carbons (Fsp3) is 0.643. The molecular weight excluding hydrogens is 196 g/mol. The molecule has 0 aromatic carbocycles. The van der Waals surface area contributed by atoms with Gasteiger partial charge in [-0.15, -0.1) is 0 Å². The largest absolute Gasteiger partial charge is 0.313 e. The summed E-state index contributed by atoms with van der Waals surface area (Å²) in [5, 5.41) is 3.45. The summed E-state index contributed by atoms with van der Waals surface area (Å²) in [5.74, 6) is 0.669. The van der Waals surface area contributed by atoms with Gasteiger partial charge in [0.15, 0.2) is 0 Å². The van der Waals surface area contributed by atoms with Crippen molar-refractivity contribution in [3.63, 3.8) is 0 Å². The fourth-order valence-electron chi connectivity index (χ4n) is 2.41. The third-order valence-electron chi connectivity index (χ3n) is 3.28. The first-order valence-electron chi connectivity index (χ1n) is 6.34. The number of pyridine rings is 1. The summed E-state index contributed by atoms with van der Waals surface area (Å²) in [5.41, 5.74) is 2.78. The monoisotopic (exact) mass is 220 g/mol. The Labute approximate surface area is 99.5 Å². The second kappa shape index (κ2) is 6.64. The first-order chi connectivity index (χ1) is 7.74. The molecule has 0 aliphatic rings. The summed E-state index contributed by atoms with van der Waals surface area (Å²) in [6.07, 6.45) is 7.46. The Kier molecular flexibility index (Phi) is 5.47. The Morgan fingerprint density at radius 3 is 2.69 bits per heavy atom. The Morgan fingerprint density at radius 2 is 2.12 bits per heavy atom. The Bertz CT molecular complexity index is 309. The van der Waals surface area contributed by atoms with E-state index in [-0.39, 0.29) is 0 Å². The van der Waals surface area contributed by atoms with E-state index in [1.54, 1.807) is 0 Å². The molecule has 1 aromatic heterocycles. The van der Waals surface area contributed by atoms with Crippen LogP contribution in [0.25, 0.3) is 0 Å². The summed E-state index contributed by atoms with van der Waals surface area (Å²) in [7, 11) is 2.05. The van der Waals surface area contributed by atoms with E-state index in [1.807, 2.05) is 12.4 Å². The smallest absolute Gasteiger partial charge is 0.0347 e. The molecule has 0 radical (unpaired) electrons. The van der Waals surface area contributed by atoms with E-state index >= 15 is 0 Å². The van der Waals surface area contributed by atoms with Gasteiger partial charge in [-0.05, 0) is 43.0 Å². The molecule has 0 saturated carbocycles. The van der Waals surface area contributed by atoms with Crippen LogP contribution in [0.3, 0.4) is 0 Å². The maximum atomic E-state index is 4.21. The molecule has 1 N–H and O–H groups in total. The van der Waals surface area contributed by atoms with Gasteiger partial charge in [0.1, 0.15) is 0 Å². The van der Waals surface area contributed by atoms with E-state index in [0.29, 0.717) is 12.0 Å². The van der Waals surface area contributed by atoms with Crippen LogP contribution >= 0.6 is 0 Å². The second-order valence-corrected chi connectivity index (χ2v) is 4.46. The Morgan fingerprint density at radius 1 is 1.38 bits per heavy atom. The lowest BCUT2D eigenvalue weighted by Crippen LogP contribution is -2.24. The predicted octanol–water partition coefficient (Wildman–Crippen LogP) is 3.34. The lowest BCUT2D eigenvalue weighted by atomic mass is 9.89. The van der Waals surface area contributed by atoms with Crippen molar-refractivity contribution in [2.24, 2.45) is 5.92 Å². The van der Waals surface area contributed by atoms with Crippen molar-refractivity contribution in [3.8, 4) is 0 Å². The maximum absolute atomic E-state index is 4.21. The normalized spacial score (nSPS) is 14.8. The minimum absolute atomic E-state index is 0.456. The average Bonchev–Trinajstić information content (AvgIpc) is 2.31. The zero-order chi connectivity index (χ0) is 12.0. The third-order valence-corrected chi connectivity index (χ3v) is 3.28. The number of hydrogen-bond donors (Lipinski definition) is 1. The van der Waals surface area contributed by atoms with E-state index in [4.69, 9.17) is 0 Å². The zero-order valence-corrected chi connectivity index (χ0v) is 11.0. The first kappa shape index (κ1) is 13.2. The molecule has 1 heterocycles. The number of hydrogen-bond acceptors (Lipinski definition) is 2. The molecule has 0 aliphatic carbocycles. The quantitative estimate of drug-likeness (QED) is 0.795. The van der Waals surface area contributed by atoms with Crippen LogP contribution in [0, 0.1) is 5.92 Å². The van der Waals surface area contributed by atoms with Gasteiger partial charge >= 0.3 is 0 Å². The highest BCUT2D eigenvalue weighted by atomic mass is 14.9. The van der Waals surface area contributed by atoms with Gasteiger partial charge in [-0.2, -0.15) is 0 Å². The van der Waals surface area contributed by atoms with Crippen molar-refractivity contribution in [1.29, 1.82) is 0 Å². The molecule has 0 amide bonds. The van der Waals surface area contributed by atoms with Crippen LogP contribution in [-0.2, 0) is 6.42 Å². The zero-order valence-electron chi connectivity index (χ0n) is 11.0. The number of nitrogens with zero attached hydrogens (tertiary/aromatic N) is 1. The fourth-order valence-corrected chi connectivity index (χ4v) is 2.41. The van der Waals surface area contributed by atoms with Crippen LogP contribution < -0.4 is 5.32 Å². The molecule has 16 heavy (non-hydrogen) atoms. The van der Waals surface area contributed by atoms with Crippen LogP contribution in [0.2, 0.25) is 0 Å². The van der Waals surface area contributed by atoms with Gasteiger partial charge in [-0.3, -0.25) is 4.98 Å². The molecule has 2 nitrogen and oxygen atoms in total. The van der Waals surface area contributed by atoms with E-state index in [2.05, 4.69) is 44.2 Å². The maximum Gasteiger partial charge on any atom is 0.0347 e. The Hall–Kier alpha value is -0.890. The van der Waals surface area contributed by atoms with Crippen LogP contribution in [0.1, 0.15) is 50.8 Å². The van der Waals surface area contributed by atoms with Gasteiger partial charge in [-0.1, -0.05) is 27.2 Å². The van der Waals surface area contributed by atoms with Crippen molar-refractivity contribution in [2.75, 3.05) is 7.05 Å². The van der Waals surface area contributed by atoms with E-state index in [0.717, 1.165) is 6.42 Å². The van der Waals surface area contributed by atoms with Crippen molar-refractivity contribution in [2.45, 2.75) is 46.1 Å². The molecule has 0 spiro atoms. The first-order valence-corrected chi connectivity index (χ1v) is 6.34. The number of aryl methyl sites for hydroxylation is 1. The van der Waals surface area contributed by atoms with Crippen molar-refractivity contribution in [1.82, 2.24) is 10.3 Å². The van der Waals surface area contributed by atoms with Gasteiger partial charge in [-0.25, -0.2) is 0 Å². The summed E-state index contributed by atoms with van der Waals surface area (Å²) in [4.78, 5) is 4.21. The average molecular weight is 220 g/mol. The topological polar surface area (TPSA) is 24.9 Å². The molecular formula is C14H24N2. The van der Waals surface area contributed by atoms with Crippen LogP contribution in [0.5, 0.6) is 0 Å². The standard InChI is InChI=1S/C14H24N2/c1-5-7-11(3)14(15-4)13-8-9-16-10-12(13)6-2/h8-11,14-15H,5-7H2,1-4H3. The van der Waals surface area contributed by atoms with Gasteiger partial charge in [0.25, 0.3) is 0 Å². The number of aromatic nitrogens is 1. The molecule has 0 aliphatic heterocycles. The lowest BCUT2D eigenvalue weighted by Gasteiger charge is -2.25. The summed E-state index contributed by atoms with van der Waals surface area (Å²) < 4.78 is 0. The SMILES string of the molecule is CCCC(C)C(NC)c1ccncc1CC. The minimum Gasteiger partial charge on any atom is -0.313 e.